The molecule has 3 aliphatic carbocycles. The van der Waals surface area contributed by atoms with Gasteiger partial charge in [0.1, 0.15) is 11.0 Å². The van der Waals surface area contributed by atoms with Crippen molar-refractivity contribution < 1.29 is 9.47 Å². The van der Waals surface area contributed by atoms with E-state index in [1.54, 1.807) is 0 Å². The molecule has 2 bridgehead atoms. The highest BCUT2D eigenvalue weighted by atomic mass is 31.0. The van der Waals surface area contributed by atoms with Gasteiger partial charge < -0.3 is 9.47 Å². The highest BCUT2D eigenvalue weighted by Crippen LogP contribution is 2.73. The molecule has 0 radical (unpaired) electrons. The number of hydrogen-bond donors (Lipinski definition) is 0. The van der Waals surface area contributed by atoms with Crippen LogP contribution in [0.4, 0.5) is 0 Å². The Morgan fingerprint density at radius 1 is 0.542 bits per heavy atom. The fourth-order valence-electron chi connectivity index (χ4n) is 9.94. The third kappa shape index (κ3) is 5.00. The zero-order valence-electron chi connectivity index (χ0n) is 27.3. The summed E-state index contributed by atoms with van der Waals surface area (Å²) in [6, 6.07) is 43.5. The first-order valence-corrected chi connectivity index (χ1v) is 19.8. The molecule has 0 aliphatic heterocycles. The first-order chi connectivity index (χ1) is 23.7. The summed E-state index contributed by atoms with van der Waals surface area (Å²) in [5.41, 5.74) is 12.9. The zero-order valence-corrected chi connectivity index (χ0v) is 29.3. The van der Waals surface area contributed by atoms with E-state index in [0.29, 0.717) is 16.4 Å². The fourth-order valence-corrected chi connectivity index (χ4v) is 12.3. The van der Waals surface area contributed by atoms with Crippen LogP contribution < -0.4 is 9.47 Å². The average Bonchev–Trinajstić information content (AvgIpc) is 3.98. The van der Waals surface area contributed by atoms with Gasteiger partial charge in [-0.15, -0.1) is 0 Å². The Morgan fingerprint density at radius 3 is 1.54 bits per heavy atom. The lowest BCUT2D eigenvalue weighted by atomic mass is 9.60. The molecule has 0 spiro atoms. The van der Waals surface area contributed by atoms with Crippen LogP contribution in [0.25, 0.3) is 44.5 Å². The summed E-state index contributed by atoms with van der Waals surface area (Å²) in [6.07, 6.45) is 7.80. The molecule has 0 N–H and O–H groups in total. The Hall–Kier alpha value is -3.96. The van der Waals surface area contributed by atoms with E-state index in [4.69, 9.17) is 9.47 Å². The predicted molar refractivity (Wildman–Crippen MR) is 204 cm³/mol. The number of hydrogen-bond acceptors (Lipinski definition) is 2. The molecule has 6 aromatic rings. The van der Waals surface area contributed by atoms with Crippen molar-refractivity contribution in [3.63, 3.8) is 0 Å². The van der Waals surface area contributed by atoms with Gasteiger partial charge in [0.05, 0.1) is 13.2 Å². The van der Waals surface area contributed by atoms with E-state index in [-0.39, 0.29) is 10.8 Å². The van der Waals surface area contributed by atoms with Crippen LogP contribution >= 0.6 is 16.4 Å². The lowest BCUT2D eigenvalue weighted by Gasteiger charge is -2.47. The SMILES string of the molecule is c1ccc(-c2c[pH]c(OCC34CCC(C3)C3CCCC34COc3[pH]cc(-c4ccccc4)c3-c3ccccc3)c2-c2ccccc2)cc1. The first-order valence-electron chi connectivity index (χ1n) is 17.6. The maximum absolute atomic E-state index is 7.19. The lowest BCUT2D eigenvalue weighted by Crippen LogP contribution is -2.48. The summed E-state index contributed by atoms with van der Waals surface area (Å²) >= 11 is 0. The summed E-state index contributed by atoms with van der Waals surface area (Å²) in [7, 11) is 1.10. The highest BCUT2D eigenvalue weighted by molar-refractivity contribution is 7.33. The van der Waals surface area contributed by atoms with Crippen molar-refractivity contribution in [2.45, 2.75) is 38.5 Å². The van der Waals surface area contributed by atoms with Crippen LogP contribution in [-0.4, -0.2) is 13.2 Å². The molecule has 3 saturated carbocycles. The maximum Gasteiger partial charge on any atom is 0.142 e. The van der Waals surface area contributed by atoms with Crippen LogP contribution in [0.15, 0.2) is 133 Å². The molecule has 3 fully saturated rings. The second-order valence-electron chi connectivity index (χ2n) is 14.3. The van der Waals surface area contributed by atoms with E-state index in [1.807, 2.05) is 0 Å². The van der Waals surface area contributed by atoms with Crippen LogP contribution in [-0.2, 0) is 0 Å². The lowest BCUT2D eigenvalue weighted by molar-refractivity contribution is -0.0451. The molecule has 0 amide bonds. The zero-order chi connectivity index (χ0) is 32.0. The van der Waals surface area contributed by atoms with Gasteiger partial charge in [-0.2, -0.15) is 0 Å². The standard InChI is InChI=1S/C44H42O2P2/c1-5-14-31(15-6-1)36-27-47-41(39(36)33-18-9-3-10-19-33)45-29-43-25-23-35(26-43)38-22-13-24-44(38,43)30-46-42-40(34-20-11-4-12-21-34)37(28-48-42)32-16-7-2-8-17-32/h1-12,14-21,27-28,35,38,47-48H,13,22-26,29-30H2. The molecular weight excluding hydrogens is 622 g/mol. The van der Waals surface area contributed by atoms with E-state index >= 15 is 0 Å². The average molecular weight is 665 g/mol. The Labute approximate surface area is 287 Å². The molecule has 2 nitrogen and oxygen atoms in total. The number of rotatable bonds is 10. The van der Waals surface area contributed by atoms with E-state index in [9.17, 15) is 0 Å². The minimum atomic E-state index is 0.165. The third-order valence-electron chi connectivity index (χ3n) is 12.1. The number of ether oxygens (including phenoxy) is 2. The van der Waals surface area contributed by atoms with Crippen molar-refractivity contribution in [1.29, 1.82) is 0 Å². The second-order valence-corrected chi connectivity index (χ2v) is 16.4. The molecule has 48 heavy (non-hydrogen) atoms. The van der Waals surface area contributed by atoms with Crippen LogP contribution in [0.2, 0.25) is 0 Å². The summed E-state index contributed by atoms with van der Waals surface area (Å²) < 4.78 is 14.3. The van der Waals surface area contributed by atoms with Crippen molar-refractivity contribution in [1.82, 2.24) is 0 Å². The second kappa shape index (κ2) is 12.5. The van der Waals surface area contributed by atoms with Crippen molar-refractivity contribution >= 4 is 16.4 Å². The number of benzene rings is 4. The Balaban J connectivity index is 1.04. The Kier molecular flexibility index (Phi) is 7.84. The van der Waals surface area contributed by atoms with Crippen molar-refractivity contribution in [3.05, 3.63) is 133 Å². The summed E-state index contributed by atoms with van der Waals surface area (Å²) in [6.45, 7) is 1.62. The minimum absolute atomic E-state index is 0.165. The summed E-state index contributed by atoms with van der Waals surface area (Å²) in [5, 5.41) is 0. The van der Waals surface area contributed by atoms with Gasteiger partial charge in [0.15, 0.2) is 0 Å². The minimum Gasteiger partial charge on any atom is -0.489 e. The molecule has 4 heteroatoms. The van der Waals surface area contributed by atoms with Crippen molar-refractivity contribution in [3.8, 4) is 55.5 Å². The van der Waals surface area contributed by atoms with Gasteiger partial charge >= 0.3 is 0 Å². The first kappa shape index (κ1) is 30.1. The number of fused-ring (bicyclic) bond motifs is 5. The normalized spacial score (nSPS) is 24.4. The quantitative estimate of drug-likeness (QED) is 0.145. The molecular formula is C44H42O2P2. The van der Waals surface area contributed by atoms with Crippen molar-refractivity contribution in [2.24, 2.45) is 22.7 Å². The van der Waals surface area contributed by atoms with Crippen LogP contribution in [0, 0.1) is 22.7 Å². The molecule has 2 aromatic heterocycles. The van der Waals surface area contributed by atoms with Gasteiger partial charge in [-0.3, -0.25) is 0 Å². The third-order valence-corrected chi connectivity index (χ3v) is 14.2. The summed E-state index contributed by atoms with van der Waals surface area (Å²) in [5.74, 6) is 6.36. The molecule has 2 heterocycles. The van der Waals surface area contributed by atoms with E-state index in [1.165, 1.54) is 94.0 Å². The van der Waals surface area contributed by atoms with Crippen LogP contribution in [0.5, 0.6) is 11.0 Å². The molecule has 6 atom stereocenters. The van der Waals surface area contributed by atoms with E-state index < -0.39 is 0 Å². The van der Waals surface area contributed by atoms with Crippen LogP contribution in [0.1, 0.15) is 38.5 Å². The molecule has 0 saturated heterocycles. The van der Waals surface area contributed by atoms with Gasteiger partial charge in [-0.1, -0.05) is 144 Å². The van der Waals surface area contributed by atoms with Gasteiger partial charge in [-0.25, -0.2) is 0 Å². The Bertz CT molecular complexity index is 2000. The Morgan fingerprint density at radius 2 is 1.02 bits per heavy atom. The molecule has 240 valence electrons. The monoisotopic (exact) mass is 664 g/mol. The molecule has 3 aliphatic rings. The van der Waals surface area contributed by atoms with E-state index in [2.05, 4.69) is 133 Å². The predicted octanol–water partition coefficient (Wildman–Crippen LogP) is 12.5. The molecule has 9 rings (SSSR count). The maximum atomic E-state index is 7.19. The van der Waals surface area contributed by atoms with Crippen molar-refractivity contribution in [2.75, 3.05) is 13.2 Å². The fraction of sp³-hybridized carbons (Fsp3) is 0.273. The van der Waals surface area contributed by atoms with Gasteiger partial charge in [0.2, 0.25) is 0 Å². The highest BCUT2D eigenvalue weighted by Gasteiger charge is 2.68. The van der Waals surface area contributed by atoms with Gasteiger partial charge in [-0.05, 0) is 88.9 Å². The largest absolute Gasteiger partial charge is 0.489 e. The van der Waals surface area contributed by atoms with E-state index in [0.717, 1.165) is 25.0 Å². The summed E-state index contributed by atoms with van der Waals surface area (Å²) in [4.78, 5) is 0. The smallest absolute Gasteiger partial charge is 0.142 e. The molecule has 4 aromatic carbocycles. The topological polar surface area (TPSA) is 18.5 Å². The van der Waals surface area contributed by atoms with Gasteiger partial charge in [0, 0.05) is 22.0 Å². The van der Waals surface area contributed by atoms with Crippen LogP contribution in [0.3, 0.4) is 0 Å². The van der Waals surface area contributed by atoms with Gasteiger partial charge in [0.25, 0.3) is 0 Å². The molecule has 6 unspecified atom stereocenters.